The second-order valence-electron chi connectivity index (χ2n) is 4.17. The van der Waals surface area contributed by atoms with Gasteiger partial charge in [-0.05, 0) is 16.3 Å². The fourth-order valence-corrected chi connectivity index (χ4v) is 1.89. The van der Waals surface area contributed by atoms with Crippen LogP contribution < -0.4 is 5.73 Å². The first-order valence-corrected chi connectivity index (χ1v) is 5.43. The van der Waals surface area contributed by atoms with Crippen LogP contribution in [0.1, 0.15) is 11.6 Å². The predicted molar refractivity (Wildman–Crippen MR) is 69.1 cm³/mol. The number of benzene rings is 2. The average Bonchev–Trinajstić information content (AvgIpc) is 2.36. The molecule has 0 saturated heterocycles. The molecule has 0 aromatic heterocycles. The van der Waals surface area contributed by atoms with E-state index >= 15 is 0 Å². The highest BCUT2D eigenvalue weighted by Gasteiger charge is 2.61. The van der Waals surface area contributed by atoms with E-state index in [-0.39, 0.29) is 18.0 Å². The molecule has 0 aliphatic heterocycles. The molecule has 0 radical (unpaired) electrons. The van der Waals surface area contributed by atoms with E-state index in [4.69, 9.17) is 5.73 Å². The quantitative estimate of drug-likeness (QED) is 0.814. The van der Waals surface area contributed by atoms with Crippen molar-refractivity contribution in [2.24, 2.45) is 5.73 Å². The molecule has 1 nitrogen and oxygen atoms in total. The molecule has 20 heavy (non-hydrogen) atoms. The number of nitrogens with two attached hydrogens (primary N) is 1. The molecule has 0 fully saturated rings. The highest BCUT2D eigenvalue weighted by atomic mass is 35.5. The molecule has 2 aromatic carbocycles. The molecular formula is C13H11ClF5N. The molecule has 2 rings (SSSR count). The Morgan fingerprint density at radius 3 is 2.00 bits per heavy atom. The minimum Gasteiger partial charge on any atom is -0.319 e. The minimum absolute atomic E-state index is 0. The van der Waals surface area contributed by atoms with Gasteiger partial charge in [-0.3, -0.25) is 0 Å². The monoisotopic (exact) mass is 311 g/mol. The Labute approximate surface area is 118 Å². The molecule has 110 valence electrons. The summed E-state index contributed by atoms with van der Waals surface area (Å²) in [7, 11) is 0. The first kappa shape index (κ1) is 16.7. The lowest BCUT2D eigenvalue weighted by molar-refractivity contribution is -0.290. The molecule has 0 bridgehead atoms. The summed E-state index contributed by atoms with van der Waals surface area (Å²) in [4.78, 5) is 0. The van der Waals surface area contributed by atoms with Crippen LogP contribution in [-0.4, -0.2) is 12.1 Å². The molecule has 0 unspecified atom stereocenters. The number of alkyl halides is 5. The second-order valence-corrected chi connectivity index (χ2v) is 4.17. The summed E-state index contributed by atoms with van der Waals surface area (Å²) in [6, 6.07) is 8.10. The molecule has 0 amide bonds. The third-order valence-corrected chi connectivity index (χ3v) is 2.93. The number of halogens is 6. The zero-order valence-corrected chi connectivity index (χ0v) is 10.8. The highest BCUT2D eigenvalue weighted by molar-refractivity contribution is 5.86. The maximum absolute atomic E-state index is 13.3. The van der Waals surface area contributed by atoms with Crippen LogP contribution >= 0.6 is 12.4 Å². The van der Waals surface area contributed by atoms with Gasteiger partial charge in [0.2, 0.25) is 0 Å². The number of hydrogen-bond acceptors (Lipinski definition) is 1. The van der Waals surface area contributed by atoms with Crippen molar-refractivity contribution < 1.29 is 22.0 Å². The van der Waals surface area contributed by atoms with Crippen LogP contribution in [0.4, 0.5) is 22.0 Å². The molecule has 7 heteroatoms. The van der Waals surface area contributed by atoms with Gasteiger partial charge in [0.25, 0.3) is 0 Å². The smallest absolute Gasteiger partial charge is 0.319 e. The van der Waals surface area contributed by atoms with Crippen molar-refractivity contribution in [3.63, 3.8) is 0 Å². The van der Waals surface area contributed by atoms with E-state index in [1.807, 2.05) is 0 Å². The zero-order valence-electron chi connectivity index (χ0n) is 9.99. The van der Waals surface area contributed by atoms with Gasteiger partial charge in [-0.1, -0.05) is 42.5 Å². The van der Waals surface area contributed by atoms with Crippen LogP contribution in [-0.2, 0) is 0 Å². The maximum Gasteiger partial charge on any atom is 0.455 e. The summed E-state index contributed by atoms with van der Waals surface area (Å²) in [6.07, 6.45) is -5.68. The first-order chi connectivity index (χ1) is 8.75. The molecule has 2 N–H and O–H groups in total. The third kappa shape index (κ3) is 2.71. The van der Waals surface area contributed by atoms with Crippen LogP contribution in [0.2, 0.25) is 0 Å². The normalized spacial score (nSPS) is 13.9. The van der Waals surface area contributed by atoms with Gasteiger partial charge in [0, 0.05) is 0 Å². The molecule has 0 spiro atoms. The van der Waals surface area contributed by atoms with Gasteiger partial charge < -0.3 is 5.73 Å². The predicted octanol–water partition coefficient (Wildman–Crippen LogP) is 4.46. The Hall–Kier alpha value is -1.40. The van der Waals surface area contributed by atoms with Crippen LogP contribution in [0.25, 0.3) is 10.8 Å². The summed E-state index contributed by atoms with van der Waals surface area (Å²) >= 11 is 0. The fourth-order valence-electron chi connectivity index (χ4n) is 1.89. The SMILES string of the molecule is Cl.N[C@H](c1cccc2ccccc12)C(F)(F)C(F)(F)F. The largest absolute Gasteiger partial charge is 0.455 e. The standard InChI is InChI=1S/C13H10F5N.ClH/c14-12(15,13(16,17)18)11(19)10-7-3-5-8-4-1-2-6-9(8)10;/h1-7,11H,19H2;1H/t11-;/m1./s1. The van der Waals surface area contributed by atoms with E-state index in [0.717, 1.165) is 0 Å². The summed E-state index contributed by atoms with van der Waals surface area (Å²) < 4.78 is 63.6. The average molecular weight is 312 g/mol. The molecule has 0 aliphatic rings. The Balaban J connectivity index is 0.00000200. The maximum atomic E-state index is 13.3. The molecule has 0 saturated carbocycles. The van der Waals surface area contributed by atoms with E-state index in [0.29, 0.717) is 10.8 Å². The minimum atomic E-state index is -5.68. The Kier molecular flexibility index (Phi) is 4.61. The van der Waals surface area contributed by atoms with Crippen molar-refractivity contribution in [1.82, 2.24) is 0 Å². The van der Waals surface area contributed by atoms with E-state index in [9.17, 15) is 22.0 Å². The van der Waals surface area contributed by atoms with Crippen LogP contribution in [0.15, 0.2) is 42.5 Å². The van der Waals surface area contributed by atoms with Gasteiger partial charge in [0.05, 0.1) is 0 Å². The topological polar surface area (TPSA) is 26.0 Å². The van der Waals surface area contributed by atoms with Crippen molar-refractivity contribution >= 4 is 23.2 Å². The number of rotatable bonds is 2. The van der Waals surface area contributed by atoms with Crippen molar-refractivity contribution in [3.8, 4) is 0 Å². The van der Waals surface area contributed by atoms with E-state index in [1.165, 1.54) is 18.2 Å². The van der Waals surface area contributed by atoms with Crippen LogP contribution in [0.3, 0.4) is 0 Å². The van der Waals surface area contributed by atoms with Crippen molar-refractivity contribution in [2.45, 2.75) is 18.1 Å². The third-order valence-electron chi connectivity index (χ3n) is 2.93. The van der Waals surface area contributed by atoms with E-state index < -0.39 is 18.1 Å². The summed E-state index contributed by atoms with van der Waals surface area (Å²) in [5.74, 6) is -4.98. The van der Waals surface area contributed by atoms with Gasteiger partial charge in [0.1, 0.15) is 6.04 Å². The van der Waals surface area contributed by atoms with Crippen molar-refractivity contribution in [1.29, 1.82) is 0 Å². The molecule has 0 heterocycles. The van der Waals surface area contributed by atoms with Gasteiger partial charge in [-0.25, -0.2) is 0 Å². The lowest BCUT2D eigenvalue weighted by atomic mass is 9.95. The molecule has 2 aromatic rings. The van der Waals surface area contributed by atoms with E-state index in [2.05, 4.69) is 0 Å². The second kappa shape index (κ2) is 5.54. The highest BCUT2D eigenvalue weighted by Crippen LogP contribution is 2.44. The lowest BCUT2D eigenvalue weighted by Crippen LogP contribution is -2.45. The molecule has 1 atom stereocenters. The molecule has 0 aliphatic carbocycles. The van der Waals surface area contributed by atoms with Crippen molar-refractivity contribution in [3.05, 3.63) is 48.0 Å². The van der Waals surface area contributed by atoms with Crippen molar-refractivity contribution in [2.75, 3.05) is 0 Å². The summed E-state index contributed by atoms with van der Waals surface area (Å²) in [5, 5.41) is 0.856. The Morgan fingerprint density at radius 2 is 1.40 bits per heavy atom. The van der Waals surface area contributed by atoms with Gasteiger partial charge in [-0.2, -0.15) is 22.0 Å². The van der Waals surface area contributed by atoms with Crippen LogP contribution in [0.5, 0.6) is 0 Å². The first-order valence-electron chi connectivity index (χ1n) is 5.43. The van der Waals surface area contributed by atoms with Gasteiger partial charge in [-0.15, -0.1) is 12.4 Å². The van der Waals surface area contributed by atoms with Gasteiger partial charge >= 0.3 is 12.1 Å². The van der Waals surface area contributed by atoms with E-state index in [1.54, 1.807) is 24.3 Å². The molecular weight excluding hydrogens is 301 g/mol. The zero-order chi connectivity index (χ0) is 14.3. The Morgan fingerprint density at radius 1 is 0.850 bits per heavy atom. The number of fused-ring (bicyclic) bond motifs is 1. The lowest BCUT2D eigenvalue weighted by Gasteiger charge is -2.26. The Bertz CT molecular complexity index is 591. The van der Waals surface area contributed by atoms with Crippen LogP contribution in [0, 0.1) is 0 Å². The summed E-state index contributed by atoms with van der Waals surface area (Å²) in [6.45, 7) is 0. The van der Waals surface area contributed by atoms with Gasteiger partial charge in [0.15, 0.2) is 0 Å². The summed E-state index contributed by atoms with van der Waals surface area (Å²) in [5.41, 5.74) is 4.93. The number of hydrogen-bond donors (Lipinski definition) is 1. The fraction of sp³-hybridized carbons (Fsp3) is 0.231.